The minimum absolute atomic E-state index is 0.0891. The van der Waals surface area contributed by atoms with E-state index in [9.17, 15) is 9.90 Å². The van der Waals surface area contributed by atoms with Crippen molar-refractivity contribution >= 4 is 5.91 Å². The van der Waals surface area contributed by atoms with Crippen molar-refractivity contribution in [2.75, 3.05) is 19.8 Å². The molecule has 1 aromatic heterocycles. The predicted octanol–water partition coefficient (Wildman–Crippen LogP) is 3.43. The second-order valence-corrected chi connectivity index (χ2v) is 6.53. The van der Waals surface area contributed by atoms with E-state index in [0.717, 1.165) is 5.56 Å². The Balaban J connectivity index is 1.63. The van der Waals surface area contributed by atoms with Crippen molar-refractivity contribution < 1.29 is 23.8 Å². The first kappa shape index (κ1) is 18.1. The van der Waals surface area contributed by atoms with Gasteiger partial charge in [0.25, 0.3) is 5.91 Å². The van der Waals surface area contributed by atoms with Gasteiger partial charge in [0.05, 0.1) is 18.4 Å². The number of aliphatic hydroxyl groups excluding tert-OH is 1. The number of benzene rings is 2. The maximum atomic E-state index is 13.4. The van der Waals surface area contributed by atoms with Gasteiger partial charge in [-0.2, -0.15) is 0 Å². The molecule has 1 aliphatic heterocycles. The number of para-hydroxylation sites is 1. The monoisotopic (exact) mass is 379 g/mol. The van der Waals surface area contributed by atoms with Crippen LogP contribution in [0, 0.1) is 0 Å². The molecule has 1 amide bonds. The molecule has 144 valence electrons. The fourth-order valence-electron chi connectivity index (χ4n) is 3.22. The number of rotatable bonds is 6. The number of amides is 1. The van der Waals surface area contributed by atoms with E-state index < -0.39 is 6.10 Å². The van der Waals surface area contributed by atoms with E-state index in [-0.39, 0.29) is 12.5 Å². The van der Waals surface area contributed by atoms with Crippen LogP contribution < -0.4 is 9.47 Å². The summed E-state index contributed by atoms with van der Waals surface area (Å²) in [7, 11) is 0. The van der Waals surface area contributed by atoms with Crippen molar-refractivity contribution in [3.63, 3.8) is 0 Å². The third-order valence-corrected chi connectivity index (χ3v) is 4.57. The maximum Gasteiger partial charge on any atom is 0.258 e. The molecule has 0 saturated heterocycles. The van der Waals surface area contributed by atoms with Crippen LogP contribution in [-0.4, -0.2) is 35.7 Å². The molecule has 3 aromatic rings. The van der Waals surface area contributed by atoms with Gasteiger partial charge in [0.2, 0.25) is 0 Å². The van der Waals surface area contributed by atoms with Crippen LogP contribution in [0.15, 0.2) is 71.3 Å². The quantitative estimate of drug-likeness (QED) is 0.710. The van der Waals surface area contributed by atoms with Crippen molar-refractivity contribution in [2.24, 2.45) is 0 Å². The van der Waals surface area contributed by atoms with Crippen LogP contribution in [-0.2, 0) is 6.54 Å². The number of carbonyl (C=O) groups excluding carboxylic acids is 1. The Morgan fingerprint density at radius 3 is 2.61 bits per heavy atom. The third-order valence-electron chi connectivity index (χ3n) is 4.57. The Morgan fingerprint density at radius 1 is 1.00 bits per heavy atom. The first-order valence-electron chi connectivity index (χ1n) is 9.15. The predicted molar refractivity (Wildman–Crippen MR) is 102 cm³/mol. The zero-order chi connectivity index (χ0) is 19.3. The van der Waals surface area contributed by atoms with Gasteiger partial charge in [-0.25, -0.2) is 0 Å². The van der Waals surface area contributed by atoms with Crippen LogP contribution in [0.5, 0.6) is 11.5 Å². The molecular weight excluding hydrogens is 358 g/mol. The molecule has 0 aliphatic carbocycles. The maximum absolute atomic E-state index is 13.4. The lowest BCUT2D eigenvalue weighted by molar-refractivity contribution is 0.0555. The van der Waals surface area contributed by atoms with Crippen LogP contribution in [0.3, 0.4) is 0 Å². The highest BCUT2D eigenvalue weighted by molar-refractivity contribution is 5.98. The summed E-state index contributed by atoms with van der Waals surface area (Å²) in [5, 5.41) is 10.5. The van der Waals surface area contributed by atoms with Gasteiger partial charge in [0.1, 0.15) is 25.1 Å². The highest BCUT2D eigenvalue weighted by atomic mass is 16.6. The Kier molecular flexibility index (Phi) is 5.30. The normalized spacial score (nSPS) is 13.8. The molecule has 1 unspecified atom stereocenters. The molecule has 0 radical (unpaired) electrons. The van der Waals surface area contributed by atoms with Crippen molar-refractivity contribution in [1.82, 2.24) is 4.90 Å². The number of aliphatic hydroxyl groups is 1. The Bertz CT molecular complexity index is 923. The van der Waals surface area contributed by atoms with E-state index in [0.29, 0.717) is 42.6 Å². The lowest BCUT2D eigenvalue weighted by Gasteiger charge is -2.27. The topological polar surface area (TPSA) is 72.1 Å². The number of hydrogen-bond donors (Lipinski definition) is 1. The number of hydrogen-bond acceptors (Lipinski definition) is 5. The Morgan fingerprint density at radius 2 is 1.82 bits per heavy atom. The van der Waals surface area contributed by atoms with Crippen LogP contribution >= 0.6 is 0 Å². The fraction of sp³-hybridized carbons (Fsp3) is 0.227. The SMILES string of the molecule is O=C(c1cccc2c1OCCO2)N(Cc1ccccc1)CC(O)c1ccco1. The van der Waals surface area contributed by atoms with Crippen LogP contribution in [0.2, 0.25) is 0 Å². The molecule has 0 bridgehead atoms. The highest BCUT2D eigenvalue weighted by Crippen LogP contribution is 2.34. The van der Waals surface area contributed by atoms with Gasteiger partial charge in [-0.15, -0.1) is 0 Å². The molecule has 0 spiro atoms. The molecular formula is C22H21NO5. The molecule has 6 nitrogen and oxygen atoms in total. The molecule has 2 heterocycles. The lowest BCUT2D eigenvalue weighted by Crippen LogP contribution is -2.35. The standard InChI is InChI=1S/C22H21NO5/c24-18(19-10-5-11-26-19)15-23(14-16-6-2-1-3-7-16)22(25)17-8-4-9-20-21(17)28-13-12-27-20/h1-11,18,24H,12-15H2. The van der Waals surface area contributed by atoms with E-state index >= 15 is 0 Å². The Hall–Kier alpha value is -3.25. The molecule has 1 N–H and O–H groups in total. The fourth-order valence-corrected chi connectivity index (χ4v) is 3.22. The minimum atomic E-state index is -0.931. The summed E-state index contributed by atoms with van der Waals surface area (Å²) >= 11 is 0. The summed E-state index contributed by atoms with van der Waals surface area (Å²) in [6, 6.07) is 18.3. The van der Waals surface area contributed by atoms with E-state index in [2.05, 4.69) is 0 Å². The second kappa shape index (κ2) is 8.19. The first-order chi connectivity index (χ1) is 13.7. The zero-order valence-corrected chi connectivity index (χ0v) is 15.3. The second-order valence-electron chi connectivity index (χ2n) is 6.53. The van der Waals surface area contributed by atoms with Crippen molar-refractivity contribution in [3.05, 3.63) is 83.8 Å². The van der Waals surface area contributed by atoms with Crippen molar-refractivity contribution in [1.29, 1.82) is 0 Å². The molecule has 2 aromatic carbocycles. The van der Waals surface area contributed by atoms with Gasteiger partial charge in [0, 0.05) is 6.54 Å². The smallest absolute Gasteiger partial charge is 0.258 e. The van der Waals surface area contributed by atoms with E-state index in [1.165, 1.54) is 6.26 Å². The average molecular weight is 379 g/mol. The highest BCUT2D eigenvalue weighted by Gasteiger charge is 2.27. The Labute approximate surface area is 162 Å². The largest absolute Gasteiger partial charge is 0.486 e. The van der Waals surface area contributed by atoms with Crippen LogP contribution in [0.1, 0.15) is 27.8 Å². The number of carbonyl (C=O) groups is 1. The molecule has 28 heavy (non-hydrogen) atoms. The lowest BCUT2D eigenvalue weighted by atomic mass is 10.1. The van der Waals surface area contributed by atoms with Crippen LogP contribution in [0.25, 0.3) is 0 Å². The van der Waals surface area contributed by atoms with E-state index in [1.54, 1.807) is 35.2 Å². The van der Waals surface area contributed by atoms with Gasteiger partial charge >= 0.3 is 0 Å². The molecule has 1 aliphatic rings. The summed E-state index contributed by atoms with van der Waals surface area (Å²) in [5.74, 6) is 1.19. The van der Waals surface area contributed by atoms with Gasteiger partial charge in [-0.1, -0.05) is 36.4 Å². The van der Waals surface area contributed by atoms with Gasteiger partial charge in [-0.05, 0) is 29.8 Å². The molecule has 6 heteroatoms. The number of ether oxygens (including phenoxy) is 2. The molecule has 1 atom stereocenters. The number of fused-ring (bicyclic) bond motifs is 1. The third kappa shape index (κ3) is 3.87. The summed E-state index contributed by atoms with van der Waals surface area (Å²) in [6.07, 6.45) is 0.570. The number of furan rings is 1. The summed E-state index contributed by atoms with van der Waals surface area (Å²) in [4.78, 5) is 15.0. The molecule has 0 fully saturated rings. The van der Waals surface area contributed by atoms with Gasteiger partial charge < -0.3 is 23.9 Å². The zero-order valence-electron chi connectivity index (χ0n) is 15.3. The van der Waals surface area contributed by atoms with Crippen molar-refractivity contribution in [2.45, 2.75) is 12.6 Å². The molecule has 0 saturated carbocycles. The van der Waals surface area contributed by atoms with Crippen LogP contribution in [0.4, 0.5) is 0 Å². The molecule has 4 rings (SSSR count). The summed E-state index contributed by atoms with van der Waals surface area (Å²) < 4.78 is 16.6. The summed E-state index contributed by atoms with van der Waals surface area (Å²) in [5.41, 5.74) is 1.38. The summed E-state index contributed by atoms with van der Waals surface area (Å²) in [6.45, 7) is 1.29. The average Bonchev–Trinajstić information content (AvgIpc) is 3.28. The van der Waals surface area contributed by atoms with E-state index in [4.69, 9.17) is 13.9 Å². The van der Waals surface area contributed by atoms with Gasteiger partial charge in [0.15, 0.2) is 11.5 Å². The van der Waals surface area contributed by atoms with E-state index in [1.807, 2.05) is 30.3 Å². The number of nitrogens with zero attached hydrogens (tertiary/aromatic N) is 1. The minimum Gasteiger partial charge on any atom is -0.486 e. The van der Waals surface area contributed by atoms with Gasteiger partial charge in [-0.3, -0.25) is 4.79 Å². The van der Waals surface area contributed by atoms with Crippen molar-refractivity contribution in [3.8, 4) is 11.5 Å². The first-order valence-corrected chi connectivity index (χ1v) is 9.15.